The quantitative estimate of drug-likeness (QED) is 0.489. The highest BCUT2D eigenvalue weighted by atomic mass is 16.4. The minimum absolute atomic E-state index is 0.0741. The molecule has 6 nitrogen and oxygen atoms in total. The van der Waals surface area contributed by atoms with Gasteiger partial charge in [0.15, 0.2) is 0 Å². The van der Waals surface area contributed by atoms with Crippen LogP contribution in [0.4, 0.5) is 0 Å². The predicted molar refractivity (Wildman–Crippen MR) is 55.9 cm³/mol. The zero-order chi connectivity index (χ0) is 11.8. The van der Waals surface area contributed by atoms with E-state index in [2.05, 4.69) is 5.73 Å². The minimum atomic E-state index is -0.996. The van der Waals surface area contributed by atoms with E-state index in [9.17, 15) is 9.59 Å². The number of carbonyl (C=O) groups is 2. The Morgan fingerprint density at radius 1 is 1.13 bits per heavy atom. The molecule has 1 rings (SSSR count). The van der Waals surface area contributed by atoms with Crippen molar-refractivity contribution in [2.24, 2.45) is 17.2 Å². The van der Waals surface area contributed by atoms with Crippen molar-refractivity contribution in [1.82, 2.24) is 0 Å². The van der Waals surface area contributed by atoms with Gasteiger partial charge in [0.25, 0.3) is 0 Å². The topological polar surface area (TPSA) is 132 Å². The van der Waals surface area contributed by atoms with E-state index >= 15 is 0 Å². The molecule has 0 unspecified atom stereocenters. The minimum Gasteiger partial charge on any atom is -0.481 e. The van der Waals surface area contributed by atoms with Crippen molar-refractivity contribution in [3.8, 4) is 0 Å². The number of aliphatic carboxylic acids is 1. The van der Waals surface area contributed by atoms with Crippen molar-refractivity contribution in [1.29, 1.82) is 0 Å². The molecule has 0 spiro atoms. The van der Waals surface area contributed by atoms with Crippen LogP contribution in [0, 0.1) is 0 Å². The molecule has 2 atom stereocenters. The molecular formula is C9H19N3O3. The van der Waals surface area contributed by atoms with E-state index in [-0.39, 0.29) is 12.8 Å². The smallest absolute Gasteiger partial charge is 0.303 e. The van der Waals surface area contributed by atoms with Crippen molar-refractivity contribution < 1.29 is 14.7 Å². The third-order valence-corrected chi connectivity index (χ3v) is 2.10. The molecule has 1 fully saturated rings. The molecule has 0 radical (unpaired) electrons. The molecule has 0 aromatic heterocycles. The fourth-order valence-electron chi connectivity index (χ4n) is 1.28. The van der Waals surface area contributed by atoms with E-state index in [0.717, 1.165) is 19.3 Å². The number of nitrogens with two attached hydrogens (primary N) is 3. The van der Waals surface area contributed by atoms with Gasteiger partial charge in [-0.1, -0.05) is 0 Å². The zero-order valence-corrected chi connectivity index (χ0v) is 8.69. The Morgan fingerprint density at radius 3 is 1.73 bits per heavy atom. The molecule has 0 heterocycles. The summed E-state index contributed by atoms with van der Waals surface area (Å²) in [6, 6.07) is 0.796. The third-order valence-electron chi connectivity index (χ3n) is 2.10. The molecule has 0 aliphatic heterocycles. The highest BCUT2D eigenvalue weighted by Gasteiger charge is 2.16. The summed E-state index contributed by atoms with van der Waals surface area (Å²) in [5, 5.41) is 7.95. The van der Waals surface area contributed by atoms with Gasteiger partial charge in [-0.3, -0.25) is 9.59 Å². The predicted octanol–water partition coefficient (Wildman–Crippen LogP) is -0.839. The Morgan fingerprint density at radius 2 is 1.60 bits per heavy atom. The fourth-order valence-corrected chi connectivity index (χ4v) is 1.28. The molecule has 0 aromatic rings. The lowest BCUT2D eigenvalue weighted by atomic mass is 10.2. The average Bonchev–Trinajstić information content (AvgIpc) is 2.47. The number of carboxylic acid groups (broad SMARTS) is 1. The summed E-state index contributed by atoms with van der Waals surface area (Å²) in [7, 11) is 0. The van der Waals surface area contributed by atoms with Gasteiger partial charge < -0.3 is 22.3 Å². The Labute approximate surface area is 88.8 Å². The standard InChI is InChI=1S/C5H12N2.C4H7NO3/c6-4-1-2-5(7)3-4;5-3(6)1-2-4(7)8/h4-5H,1-3,6-7H2;1-2H2,(H2,5,6)(H,7,8)/t4-,5+;. The molecule has 15 heavy (non-hydrogen) atoms. The third kappa shape index (κ3) is 9.17. The van der Waals surface area contributed by atoms with Crippen molar-refractivity contribution in [2.45, 2.75) is 44.2 Å². The van der Waals surface area contributed by atoms with Crippen LogP contribution in [0.1, 0.15) is 32.1 Å². The summed E-state index contributed by atoms with van der Waals surface area (Å²) < 4.78 is 0. The molecule has 7 N–H and O–H groups in total. The second-order valence-corrected chi connectivity index (χ2v) is 3.69. The number of hydrogen-bond donors (Lipinski definition) is 4. The first-order valence-corrected chi connectivity index (χ1v) is 4.93. The monoisotopic (exact) mass is 217 g/mol. The van der Waals surface area contributed by atoms with Crippen molar-refractivity contribution in [2.75, 3.05) is 0 Å². The summed E-state index contributed by atoms with van der Waals surface area (Å²) in [6.45, 7) is 0. The lowest BCUT2D eigenvalue weighted by molar-refractivity contribution is -0.138. The van der Waals surface area contributed by atoms with Crippen LogP contribution < -0.4 is 17.2 Å². The van der Waals surface area contributed by atoms with E-state index in [1.54, 1.807) is 0 Å². The van der Waals surface area contributed by atoms with Crippen LogP contribution in [-0.4, -0.2) is 29.1 Å². The number of rotatable bonds is 3. The summed E-state index contributed by atoms with van der Waals surface area (Å²) in [6.07, 6.45) is 3.03. The summed E-state index contributed by atoms with van der Waals surface area (Å²) in [5.74, 6) is -1.57. The first kappa shape index (κ1) is 13.9. The maximum atomic E-state index is 9.86. The van der Waals surface area contributed by atoms with Crippen molar-refractivity contribution in [3.05, 3.63) is 0 Å². The zero-order valence-electron chi connectivity index (χ0n) is 8.69. The number of carbonyl (C=O) groups excluding carboxylic acids is 1. The summed E-state index contributed by atoms with van der Waals surface area (Å²) in [5.41, 5.74) is 15.7. The van der Waals surface area contributed by atoms with E-state index < -0.39 is 11.9 Å². The Balaban J connectivity index is 0.000000262. The van der Waals surface area contributed by atoms with E-state index in [4.69, 9.17) is 16.6 Å². The lowest BCUT2D eigenvalue weighted by Gasteiger charge is -1.97. The van der Waals surface area contributed by atoms with Gasteiger partial charge in [-0.25, -0.2) is 0 Å². The maximum absolute atomic E-state index is 9.86. The van der Waals surface area contributed by atoms with E-state index in [1.807, 2.05) is 0 Å². The number of amides is 1. The lowest BCUT2D eigenvalue weighted by Crippen LogP contribution is -2.20. The molecule has 88 valence electrons. The van der Waals surface area contributed by atoms with E-state index in [1.165, 1.54) is 0 Å². The van der Waals surface area contributed by atoms with Crippen LogP contribution >= 0.6 is 0 Å². The highest BCUT2D eigenvalue weighted by Crippen LogP contribution is 2.13. The SMILES string of the molecule is NC(=O)CCC(=O)O.N[C@@H]1CC[C@H](N)C1. The highest BCUT2D eigenvalue weighted by molar-refractivity contribution is 5.79. The van der Waals surface area contributed by atoms with E-state index in [0.29, 0.717) is 12.1 Å². The molecule has 0 saturated heterocycles. The summed E-state index contributed by atoms with van der Waals surface area (Å²) >= 11 is 0. The largest absolute Gasteiger partial charge is 0.481 e. The van der Waals surface area contributed by atoms with Gasteiger partial charge in [-0.05, 0) is 19.3 Å². The molecular weight excluding hydrogens is 198 g/mol. The summed E-state index contributed by atoms with van der Waals surface area (Å²) in [4.78, 5) is 19.6. The second-order valence-electron chi connectivity index (χ2n) is 3.69. The molecule has 0 bridgehead atoms. The van der Waals surface area contributed by atoms with Crippen LogP contribution in [0.5, 0.6) is 0 Å². The molecule has 1 amide bonds. The normalized spacial score (nSPS) is 24.1. The molecule has 6 heteroatoms. The molecule has 1 aliphatic carbocycles. The van der Waals surface area contributed by atoms with Gasteiger partial charge in [-0.2, -0.15) is 0 Å². The Hall–Kier alpha value is -1.14. The van der Waals surface area contributed by atoms with Crippen LogP contribution in [-0.2, 0) is 9.59 Å². The van der Waals surface area contributed by atoms with Gasteiger partial charge in [0.05, 0.1) is 6.42 Å². The van der Waals surface area contributed by atoms with Gasteiger partial charge in [0.1, 0.15) is 0 Å². The maximum Gasteiger partial charge on any atom is 0.303 e. The van der Waals surface area contributed by atoms with Crippen LogP contribution in [0.2, 0.25) is 0 Å². The first-order chi connectivity index (χ1) is 6.91. The molecule has 1 saturated carbocycles. The van der Waals surface area contributed by atoms with Gasteiger partial charge in [0.2, 0.25) is 5.91 Å². The van der Waals surface area contributed by atoms with Gasteiger partial charge >= 0.3 is 5.97 Å². The number of carboxylic acids is 1. The van der Waals surface area contributed by atoms with Crippen LogP contribution in [0.25, 0.3) is 0 Å². The van der Waals surface area contributed by atoms with Gasteiger partial charge in [-0.15, -0.1) is 0 Å². The Bertz CT molecular complexity index is 199. The van der Waals surface area contributed by atoms with Crippen LogP contribution in [0.3, 0.4) is 0 Å². The molecule has 0 aromatic carbocycles. The molecule has 1 aliphatic rings. The van der Waals surface area contributed by atoms with Crippen molar-refractivity contribution in [3.63, 3.8) is 0 Å². The van der Waals surface area contributed by atoms with Crippen molar-refractivity contribution >= 4 is 11.9 Å². The average molecular weight is 217 g/mol. The Kier molecular flexibility index (Phi) is 6.64. The van der Waals surface area contributed by atoms with Crippen LogP contribution in [0.15, 0.2) is 0 Å². The number of hydrogen-bond acceptors (Lipinski definition) is 4. The second kappa shape index (κ2) is 7.19. The fraction of sp³-hybridized carbons (Fsp3) is 0.778. The first-order valence-electron chi connectivity index (χ1n) is 4.93. The number of primary amides is 1. The van der Waals surface area contributed by atoms with Gasteiger partial charge in [0, 0.05) is 18.5 Å².